The van der Waals surface area contributed by atoms with Crippen LogP contribution in [0.2, 0.25) is 0 Å². The third kappa shape index (κ3) is 3.62. The topological polar surface area (TPSA) is 69.3 Å². The third-order valence-corrected chi connectivity index (χ3v) is 7.01. The van der Waals surface area contributed by atoms with Crippen molar-refractivity contribution in [2.45, 2.75) is 32.9 Å². The molecule has 0 aliphatic rings. The molecule has 5 aromatic rings. The summed E-state index contributed by atoms with van der Waals surface area (Å²) in [5.74, 6) is 0.695. The maximum absolute atomic E-state index is 13.6. The quantitative estimate of drug-likeness (QED) is 0.261. The zero-order chi connectivity index (χ0) is 24.0. The lowest BCUT2D eigenvalue weighted by Crippen LogP contribution is -2.23. The van der Waals surface area contributed by atoms with Crippen molar-refractivity contribution in [3.05, 3.63) is 98.8 Å². The lowest BCUT2D eigenvalue weighted by Gasteiger charge is -2.15. The highest BCUT2D eigenvalue weighted by atomic mass is 32.2. The highest BCUT2D eigenvalue weighted by Crippen LogP contribution is 2.26. The summed E-state index contributed by atoms with van der Waals surface area (Å²) in [6.07, 6.45) is 0. The van der Waals surface area contributed by atoms with E-state index in [0.717, 1.165) is 39.0 Å². The predicted octanol–water partition coefficient (Wildman–Crippen LogP) is 5.24. The number of nitrogens with zero attached hydrogens (tertiary/aromatic N) is 4. The Morgan fingerprint density at radius 3 is 2.38 bits per heavy atom. The van der Waals surface area contributed by atoms with Gasteiger partial charge in [0.25, 0.3) is 5.56 Å². The zero-order valence-corrected chi connectivity index (χ0v) is 20.3. The molecule has 34 heavy (non-hydrogen) atoms. The summed E-state index contributed by atoms with van der Waals surface area (Å²) in [6, 6.07) is 19.3. The average molecular weight is 469 g/mol. The monoisotopic (exact) mass is 468 g/mol. The van der Waals surface area contributed by atoms with Gasteiger partial charge in [0.05, 0.1) is 22.3 Å². The summed E-state index contributed by atoms with van der Waals surface area (Å²) in [6.45, 7) is 7.89. The summed E-state index contributed by atoms with van der Waals surface area (Å²) in [4.78, 5) is 26.6. The Balaban J connectivity index is 1.67. The van der Waals surface area contributed by atoms with Crippen molar-refractivity contribution in [1.82, 2.24) is 19.2 Å². The van der Waals surface area contributed by atoms with Crippen LogP contribution < -0.4 is 5.56 Å². The maximum atomic E-state index is 13.6. The molecule has 0 bridgehead atoms. The van der Waals surface area contributed by atoms with Crippen LogP contribution in [0.5, 0.6) is 0 Å². The highest BCUT2D eigenvalue weighted by molar-refractivity contribution is 7.99. The van der Waals surface area contributed by atoms with Crippen molar-refractivity contribution in [2.75, 3.05) is 5.75 Å². The molecule has 0 spiro atoms. The smallest absolute Gasteiger partial charge is 0.267 e. The second-order valence-corrected chi connectivity index (χ2v) is 9.49. The Morgan fingerprint density at radius 1 is 0.882 bits per heavy atom. The molecule has 0 amide bonds. The SMILES string of the molecule is Cc1ccc(C)c(C(=O)CSc2nnc3n(-c4c(C)cccc4C)c(=O)c4ccccc4n23)c1. The number of Topliss-reactive ketones (excluding diaryl/α,β-unsaturated/α-hetero) is 1. The van der Waals surface area contributed by atoms with Crippen LogP contribution in [0, 0.1) is 27.7 Å². The zero-order valence-electron chi connectivity index (χ0n) is 19.5. The van der Waals surface area contributed by atoms with Crippen LogP contribution in [0.25, 0.3) is 22.4 Å². The van der Waals surface area contributed by atoms with E-state index in [4.69, 9.17) is 0 Å². The van der Waals surface area contributed by atoms with Gasteiger partial charge < -0.3 is 0 Å². The lowest BCUT2D eigenvalue weighted by atomic mass is 10.0. The molecule has 6 nitrogen and oxygen atoms in total. The largest absolute Gasteiger partial charge is 0.293 e. The molecule has 0 atom stereocenters. The van der Waals surface area contributed by atoms with Crippen molar-refractivity contribution < 1.29 is 4.79 Å². The van der Waals surface area contributed by atoms with Gasteiger partial charge in [-0.05, 0) is 62.6 Å². The molecule has 0 aliphatic carbocycles. The first kappa shape index (κ1) is 22.1. The molecule has 0 unspecified atom stereocenters. The minimum Gasteiger partial charge on any atom is -0.293 e. The summed E-state index contributed by atoms with van der Waals surface area (Å²) in [5, 5.41) is 9.96. The van der Waals surface area contributed by atoms with Gasteiger partial charge in [-0.2, -0.15) is 0 Å². The van der Waals surface area contributed by atoms with Gasteiger partial charge in [0.2, 0.25) is 5.78 Å². The van der Waals surface area contributed by atoms with Crippen molar-refractivity contribution in [1.29, 1.82) is 0 Å². The summed E-state index contributed by atoms with van der Waals surface area (Å²) in [7, 11) is 0. The second-order valence-electron chi connectivity index (χ2n) is 8.55. The average Bonchev–Trinajstić information content (AvgIpc) is 3.24. The summed E-state index contributed by atoms with van der Waals surface area (Å²) < 4.78 is 3.51. The van der Waals surface area contributed by atoms with E-state index in [1.165, 1.54) is 11.8 Å². The Labute approximate surface area is 201 Å². The first-order valence-corrected chi connectivity index (χ1v) is 12.0. The molecule has 0 aliphatic heterocycles. The number of para-hydroxylation sites is 2. The molecule has 170 valence electrons. The van der Waals surface area contributed by atoms with Crippen LogP contribution in [0.15, 0.2) is 70.6 Å². The van der Waals surface area contributed by atoms with Gasteiger partial charge in [-0.3, -0.25) is 14.0 Å². The molecule has 0 saturated heterocycles. The molecule has 2 aromatic heterocycles. The van der Waals surface area contributed by atoms with Gasteiger partial charge in [-0.15, -0.1) is 10.2 Å². The van der Waals surface area contributed by atoms with E-state index in [1.54, 1.807) is 4.57 Å². The molecule has 5 rings (SSSR count). The van der Waals surface area contributed by atoms with Crippen LogP contribution in [0.4, 0.5) is 0 Å². The van der Waals surface area contributed by atoms with Crippen molar-refractivity contribution in [2.24, 2.45) is 0 Å². The van der Waals surface area contributed by atoms with Crippen LogP contribution in [0.3, 0.4) is 0 Å². The standard InChI is InChI=1S/C27H24N4O2S/c1-16-12-13-17(2)21(14-16)23(32)15-34-27-29-28-26-30(27)22-11-6-5-10-20(22)25(33)31(26)24-18(3)8-7-9-19(24)4/h5-14H,15H2,1-4H3. The number of hydrogen-bond acceptors (Lipinski definition) is 5. The van der Waals surface area contributed by atoms with E-state index in [2.05, 4.69) is 10.2 Å². The third-order valence-electron chi connectivity index (χ3n) is 6.08. The van der Waals surface area contributed by atoms with E-state index in [0.29, 0.717) is 16.3 Å². The number of aromatic nitrogens is 4. The van der Waals surface area contributed by atoms with Crippen LogP contribution in [0.1, 0.15) is 32.6 Å². The number of hydrogen-bond donors (Lipinski definition) is 0. The van der Waals surface area contributed by atoms with Gasteiger partial charge in [0.1, 0.15) is 0 Å². The minimum absolute atomic E-state index is 0.0373. The molecule has 3 aromatic carbocycles. The molecular formula is C27H24N4O2S. The predicted molar refractivity (Wildman–Crippen MR) is 137 cm³/mol. The van der Waals surface area contributed by atoms with Crippen molar-refractivity contribution in [3.63, 3.8) is 0 Å². The number of thioether (sulfide) groups is 1. The van der Waals surface area contributed by atoms with Gasteiger partial charge in [-0.1, -0.05) is 59.8 Å². The van der Waals surface area contributed by atoms with Gasteiger partial charge in [-0.25, -0.2) is 4.57 Å². The molecule has 7 heteroatoms. The van der Waals surface area contributed by atoms with E-state index >= 15 is 0 Å². The van der Waals surface area contributed by atoms with Gasteiger partial charge in [0, 0.05) is 5.56 Å². The number of ketones is 1. The maximum Gasteiger partial charge on any atom is 0.267 e. The minimum atomic E-state index is -0.143. The molecule has 0 radical (unpaired) electrons. The van der Waals surface area contributed by atoms with Crippen molar-refractivity contribution >= 4 is 34.2 Å². The fourth-order valence-corrected chi connectivity index (χ4v) is 5.20. The Kier molecular flexibility index (Phi) is 5.57. The molecular weight excluding hydrogens is 444 g/mol. The lowest BCUT2D eigenvalue weighted by molar-refractivity contribution is 0.102. The Bertz CT molecular complexity index is 1630. The number of carbonyl (C=O) groups excluding carboxylic acids is 1. The van der Waals surface area contributed by atoms with Crippen LogP contribution >= 0.6 is 11.8 Å². The Hall–Kier alpha value is -3.71. The molecule has 0 N–H and O–H groups in total. The fraction of sp³-hybridized carbons (Fsp3) is 0.185. The second kappa shape index (κ2) is 8.57. The number of benzene rings is 3. The highest BCUT2D eigenvalue weighted by Gasteiger charge is 2.21. The van der Waals surface area contributed by atoms with Crippen LogP contribution in [-0.2, 0) is 0 Å². The molecule has 0 saturated carbocycles. The number of carbonyl (C=O) groups is 1. The van der Waals surface area contributed by atoms with Crippen molar-refractivity contribution in [3.8, 4) is 5.69 Å². The van der Waals surface area contributed by atoms with E-state index in [9.17, 15) is 9.59 Å². The number of fused-ring (bicyclic) bond motifs is 3. The summed E-state index contributed by atoms with van der Waals surface area (Å²) >= 11 is 1.33. The first-order valence-electron chi connectivity index (χ1n) is 11.1. The summed E-state index contributed by atoms with van der Waals surface area (Å²) in [5.41, 5.74) is 6.06. The van der Waals surface area contributed by atoms with E-state index < -0.39 is 0 Å². The first-order chi connectivity index (χ1) is 16.4. The molecule has 2 heterocycles. The number of aryl methyl sites for hydroxylation is 4. The van der Waals surface area contributed by atoms with Gasteiger partial charge in [0.15, 0.2) is 10.9 Å². The Morgan fingerprint density at radius 2 is 1.62 bits per heavy atom. The van der Waals surface area contributed by atoms with Crippen LogP contribution in [-0.4, -0.2) is 30.7 Å². The number of rotatable bonds is 5. The normalized spacial score (nSPS) is 11.4. The molecule has 0 fully saturated rings. The fourth-order valence-electron chi connectivity index (χ4n) is 4.38. The van der Waals surface area contributed by atoms with E-state index in [1.807, 2.05) is 92.8 Å². The van der Waals surface area contributed by atoms with E-state index in [-0.39, 0.29) is 17.1 Å². The van der Waals surface area contributed by atoms with Gasteiger partial charge >= 0.3 is 0 Å².